The number of esters is 1. The van der Waals surface area contributed by atoms with Gasteiger partial charge in [-0.2, -0.15) is 0 Å². The van der Waals surface area contributed by atoms with Gasteiger partial charge in [0.25, 0.3) is 5.91 Å². The van der Waals surface area contributed by atoms with E-state index in [9.17, 15) is 28.7 Å². The van der Waals surface area contributed by atoms with Crippen molar-refractivity contribution in [3.8, 4) is 0 Å². The summed E-state index contributed by atoms with van der Waals surface area (Å²) in [5, 5.41) is 11.4. The maximum atomic E-state index is 12.3. The Bertz CT molecular complexity index is 655. The summed E-state index contributed by atoms with van der Waals surface area (Å²) in [4.78, 5) is 47.8. The molecule has 2 aliphatic heterocycles. The number of β-lactam (4-membered cyclic amide) rings is 1. The smallest absolute Gasteiger partial charge is 0.352 e. The van der Waals surface area contributed by atoms with Crippen molar-refractivity contribution in [1.29, 1.82) is 0 Å². The van der Waals surface area contributed by atoms with E-state index >= 15 is 0 Å². The zero-order valence-electron chi connectivity index (χ0n) is 14.1. The third-order valence-electron chi connectivity index (χ3n) is 3.96. The largest absolute Gasteiger partial charge is 0.477 e. The molecule has 0 aromatic carbocycles. The van der Waals surface area contributed by atoms with Gasteiger partial charge in [0, 0.05) is 30.7 Å². The first-order valence-corrected chi connectivity index (χ1v) is 8.95. The minimum absolute atomic E-state index is 0.0222. The quantitative estimate of drug-likeness (QED) is 0.368. The number of hydrogen-bond acceptors (Lipinski definition) is 7. The number of ether oxygens (including phenoxy) is 1. The van der Waals surface area contributed by atoms with Crippen molar-refractivity contribution in [3.63, 3.8) is 0 Å². The number of halogens is 1. The lowest BCUT2D eigenvalue weighted by molar-refractivity contribution is -0.151. The lowest BCUT2D eigenvalue weighted by Gasteiger charge is -2.49. The molecule has 2 rings (SSSR count). The van der Waals surface area contributed by atoms with Gasteiger partial charge in [-0.25, -0.2) is 9.18 Å². The molecular formula is C15H20FN3O6S. The van der Waals surface area contributed by atoms with Crippen molar-refractivity contribution in [2.45, 2.75) is 37.2 Å². The number of amides is 2. The lowest BCUT2D eigenvalue weighted by Crippen LogP contribution is -2.70. The minimum Gasteiger partial charge on any atom is -0.477 e. The van der Waals surface area contributed by atoms with Crippen molar-refractivity contribution in [3.05, 3.63) is 11.3 Å². The van der Waals surface area contributed by atoms with Gasteiger partial charge in [-0.15, -0.1) is 11.8 Å². The Morgan fingerprint density at radius 1 is 1.50 bits per heavy atom. The third-order valence-corrected chi connectivity index (χ3v) is 5.30. The predicted molar refractivity (Wildman–Crippen MR) is 89.5 cm³/mol. The normalized spacial score (nSPS) is 23.0. The number of carbonyl (C=O) groups excluding carboxylic acids is 3. The molecule has 11 heteroatoms. The molecule has 0 radical (unpaired) electrons. The van der Waals surface area contributed by atoms with E-state index in [1.807, 2.05) is 0 Å². The molecule has 1 fully saturated rings. The summed E-state index contributed by atoms with van der Waals surface area (Å²) in [6.45, 7) is 0.257. The number of nitrogens with zero attached hydrogens (tertiary/aromatic N) is 1. The molecule has 2 aliphatic rings. The maximum absolute atomic E-state index is 12.3. The average Bonchev–Trinajstić information content (AvgIpc) is 2.60. The van der Waals surface area contributed by atoms with Crippen LogP contribution in [-0.4, -0.2) is 70.3 Å². The van der Waals surface area contributed by atoms with Crippen LogP contribution in [0.15, 0.2) is 11.3 Å². The topological polar surface area (TPSA) is 139 Å². The van der Waals surface area contributed by atoms with Crippen LogP contribution in [0.5, 0.6) is 0 Å². The number of nitrogens with one attached hydrogen (secondary N) is 1. The monoisotopic (exact) mass is 389 g/mol. The maximum Gasteiger partial charge on any atom is 0.352 e. The molecule has 0 aliphatic carbocycles. The molecule has 4 N–H and O–H groups in total. The zero-order chi connectivity index (χ0) is 19.4. The number of rotatable bonds is 8. The summed E-state index contributed by atoms with van der Waals surface area (Å²) in [6.07, 6.45) is 0.128. The highest BCUT2D eigenvalue weighted by Gasteiger charge is 2.54. The second-order valence-electron chi connectivity index (χ2n) is 5.95. The van der Waals surface area contributed by atoms with E-state index in [1.165, 1.54) is 18.7 Å². The summed E-state index contributed by atoms with van der Waals surface area (Å²) >= 11 is 1.27. The van der Waals surface area contributed by atoms with E-state index < -0.39 is 47.9 Å². The second kappa shape index (κ2) is 8.49. The van der Waals surface area contributed by atoms with Crippen LogP contribution in [0.3, 0.4) is 0 Å². The summed E-state index contributed by atoms with van der Waals surface area (Å²) in [5.41, 5.74) is 5.51. The highest BCUT2D eigenvalue weighted by molar-refractivity contribution is 8.00. The fraction of sp³-hybridized carbons (Fsp3) is 0.600. The molecule has 0 spiro atoms. The van der Waals surface area contributed by atoms with Crippen molar-refractivity contribution in [1.82, 2.24) is 10.2 Å². The van der Waals surface area contributed by atoms with Crippen LogP contribution in [0.2, 0.25) is 0 Å². The first kappa shape index (κ1) is 20.2. The SMILES string of the molecule is CC(=O)OCC1=C(C(=O)O)N2C(=O)C(NC(=O)CCC(N)CF)C2SC1. The Morgan fingerprint density at radius 3 is 2.77 bits per heavy atom. The van der Waals surface area contributed by atoms with Gasteiger partial charge in [-0.05, 0) is 6.42 Å². The second-order valence-corrected chi connectivity index (χ2v) is 7.05. The standard InChI is InChI=1S/C15H20FN3O6S/c1-7(20)25-5-8-6-26-14-11(13(22)19(14)12(8)15(23)24)18-10(21)3-2-9(17)4-16/h9,11,14H,2-6,17H2,1H3,(H,18,21)(H,23,24). The molecule has 26 heavy (non-hydrogen) atoms. The fourth-order valence-corrected chi connectivity index (χ4v) is 3.95. The highest BCUT2D eigenvalue weighted by Crippen LogP contribution is 2.40. The molecule has 3 unspecified atom stereocenters. The molecule has 0 aromatic heterocycles. The number of carboxylic acids is 1. The van der Waals surface area contributed by atoms with Gasteiger partial charge in [0.2, 0.25) is 5.91 Å². The van der Waals surface area contributed by atoms with Gasteiger partial charge in [0.05, 0.1) is 0 Å². The molecule has 0 saturated carbocycles. The van der Waals surface area contributed by atoms with Gasteiger partial charge < -0.3 is 20.9 Å². The molecular weight excluding hydrogens is 369 g/mol. The van der Waals surface area contributed by atoms with Crippen LogP contribution in [0.25, 0.3) is 0 Å². The van der Waals surface area contributed by atoms with E-state index in [4.69, 9.17) is 10.5 Å². The van der Waals surface area contributed by atoms with Crippen LogP contribution in [0.4, 0.5) is 4.39 Å². The summed E-state index contributed by atoms with van der Waals surface area (Å²) < 4.78 is 17.2. The van der Waals surface area contributed by atoms with Crippen LogP contribution >= 0.6 is 11.8 Å². The van der Waals surface area contributed by atoms with Gasteiger partial charge >= 0.3 is 11.9 Å². The highest BCUT2D eigenvalue weighted by atomic mass is 32.2. The molecule has 2 amide bonds. The number of carbonyl (C=O) groups is 4. The van der Waals surface area contributed by atoms with Crippen LogP contribution in [0, 0.1) is 0 Å². The van der Waals surface area contributed by atoms with Crippen LogP contribution in [-0.2, 0) is 23.9 Å². The Morgan fingerprint density at radius 2 is 2.19 bits per heavy atom. The van der Waals surface area contributed by atoms with Gasteiger partial charge in [-0.1, -0.05) is 0 Å². The van der Waals surface area contributed by atoms with Gasteiger partial charge in [0.1, 0.15) is 30.4 Å². The van der Waals surface area contributed by atoms with E-state index in [1.54, 1.807) is 0 Å². The number of nitrogens with two attached hydrogens (primary N) is 1. The van der Waals surface area contributed by atoms with Crippen LogP contribution in [0.1, 0.15) is 19.8 Å². The van der Waals surface area contributed by atoms with Crippen molar-refractivity contribution < 1.29 is 33.4 Å². The van der Waals surface area contributed by atoms with Gasteiger partial charge in [-0.3, -0.25) is 19.3 Å². The molecule has 0 aromatic rings. The number of alkyl halides is 1. The predicted octanol–water partition coefficient (Wildman–Crippen LogP) is -0.635. The molecule has 0 bridgehead atoms. The number of aliphatic carboxylic acids is 1. The number of thioether (sulfide) groups is 1. The average molecular weight is 389 g/mol. The Kier molecular flexibility index (Phi) is 6.59. The van der Waals surface area contributed by atoms with E-state index in [0.717, 1.165) is 4.90 Å². The first-order chi connectivity index (χ1) is 12.3. The van der Waals surface area contributed by atoms with Gasteiger partial charge in [0.15, 0.2) is 0 Å². The first-order valence-electron chi connectivity index (χ1n) is 7.90. The summed E-state index contributed by atoms with van der Waals surface area (Å²) in [6, 6.07) is -1.58. The van der Waals surface area contributed by atoms with E-state index in [2.05, 4.69) is 5.32 Å². The molecule has 9 nitrogen and oxygen atoms in total. The Balaban J connectivity index is 2.03. The number of carboxylic acid groups (broad SMARTS) is 1. The molecule has 1 saturated heterocycles. The number of fused-ring (bicyclic) bond motifs is 1. The number of hydrogen-bond donors (Lipinski definition) is 3. The molecule has 2 heterocycles. The van der Waals surface area contributed by atoms with E-state index in [0.29, 0.717) is 5.57 Å². The molecule has 3 atom stereocenters. The van der Waals surface area contributed by atoms with Crippen molar-refractivity contribution >= 4 is 35.5 Å². The van der Waals surface area contributed by atoms with Crippen molar-refractivity contribution in [2.24, 2.45) is 5.73 Å². The summed E-state index contributed by atoms with van der Waals surface area (Å²) in [7, 11) is 0. The van der Waals surface area contributed by atoms with Crippen LogP contribution < -0.4 is 11.1 Å². The Hall–Kier alpha value is -2.14. The fourth-order valence-electron chi connectivity index (χ4n) is 2.62. The van der Waals surface area contributed by atoms with Crippen molar-refractivity contribution in [2.75, 3.05) is 19.0 Å². The molecule has 144 valence electrons. The van der Waals surface area contributed by atoms with E-state index in [-0.39, 0.29) is 30.9 Å². The minimum atomic E-state index is -1.30. The summed E-state index contributed by atoms with van der Waals surface area (Å²) in [5.74, 6) is -2.60. The third kappa shape index (κ3) is 4.33. The Labute approximate surface area is 153 Å². The lowest BCUT2D eigenvalue weighted by atomic mass is 10.0. The zero-order valence-corrected chi connectivity index (χ0v) is 14.9.